The first-order chi connectivity index (χ1) is 17.4. The molecule has 180 valence electrons. The molecule has 1 fully saturated rings. The summed E-state index contributed by atoms with van der Waals surface area (Å²) in [7, 11) is 1.66. The third-order valence-corrected chi connectivity index (χ3v) is 6.66. The van der Waals surface area contributed by atoms with Crippen molar-refractivity contribution in [1.82, 2.24) is 14.4 Å². The lowest BCUT2D eigenvalue weighted by molar-refractivity contribution is -0.120. The van der Waals surface area contributed by atoms with Gasteiger partial charge in [-0.15, -0.1) is 0 Å². The number of anilines is 2. The molecule has 0 spiro atoms. The number of carbonyl (C=O) groups excluding carboxylic acids is 2. The molecule has 1 unspecified atom stereocenters. The van der Waals surface area contributed by atoms with E-state index in [2.05, 4.69) is 21.4 Å². The predicted molar refractivity (Wildman–Crippen MR) is 136 cm³/mol. The molecule has 3 N–H and O–H groups in total. The number of nitrogens with one attached hydrogen (secondary N) is 1. The van der Waals surface area contributed by atoms with Gasteiger partial charge in [-0.3, -0.25) is 14.0 Å². The number of carbonyl (C=O) groups is 2. The molecule has 9 nitrogen and oxygen atoms in total. The molecule has 2 aromatic carbocycles. The Labute approximate surface area is 208 Å². The van der Waals surface area contributed by atoms with E-state index in [0.717, 1.165) is 30.5 Å². The number of amides is 2. The van der Waals surface area contributed by atoms with Crippen LogP contribution >= 0.6 is 0 Å². The molecule has 0 radical (unpaired) electrons. The number of rotatable bonds is 5. The first-order valence-corrected chi connectivity index (χ1v) is 11.7. The van der Waals surface area contributed by atoms with E-state index in [0.29, 0.717) is 22.6 Å². The summed E-state index contributed by atoms with van der Waals surface area (Å²) in [6, 6.07) is 16.3. The van der Waals surface area contributed by atoms with Gasteiger partial charge in [0, 0.05) is 36.2 Å². The Morgan fingerprint density at radius 1 is 1.08 bits per heavy atom. The Bertz CT molecular complexity index is 1470. The fraction of sp³-hybridized carbons (Fsp3) is 0.222. The zero-order valence-electron chi connectivity index (χ0n) is 19.8. The van der Waals surface area contributed by atoms with Crippen LogP contribution in [0.25, 0.3) is 16.9 Å². The Hall–Kier alpha value is -4.55. The van der Waals surface area contributed by atoms with E-state index >= 15 is 0 Å². The van der Waals surface area contributed by atoms with Crippen molar-refractivity contribution in [3.63, 3.8) is 0 Å². The average Bonchev–Trinajstić information content (AvgIpc) is 3.54. The van der Waals surface area contributed by atoms with Gasteiger partial charge in [-0.25, -0.2) is 9.97 Å². The van der Waals surface area contributed by atoms with Gasteiger partial charge in [0.25, 0.3) is 5.91 Å². The molecule has 2 aromatic heterocycles. The van der Waals surface area contributed by atoms with Crippen molar-refractivity contribution >= 4 is 28.8 Å². The minimum absolute atomic E-state index is 0.0387. The number of fused-ring (bicyclic) bond motifs is 1. The molecule has 36 heavy (non-hydrogen) atoms. The van der Waals surface area contributed by atoms with E-state index in [4.69, 9.17) is 11.0 Å². The van der Waals surface area contributed by atoms with E-state index in [9.17, 15) is 9.59 Å². The van der Waals surface area contributed by atoms with Crippen molar-refractivity contribution in [3.8, 4) is 17.3 Å². The highest BCUT2D eigenvalue weighted by Crippen LogP contribution is 2.27. The highest BCUT2D eigenvalue weighted by atomic mass is 16.2. The number of hydrogen-bond donors (Lipinski definition) is 2. The molecule has 2 amide bonds. The number of imidazole rings is 1. The van der Waals surface area contributed by atoms with Gasteiger partial charge in [0.05, 0.1) is 35.6 Å². The van der Waals surface area contributed by atoms with E-state index in [1.165, 1.54) is 4.90 Å². The summed E-state index contributed by atoms with van der Waals surface area (Å²) in [6.07, 6.45) is 7.63. The smallest absolute Gasteiger partial charge is 0.278 e. The van der Waals surface area contributed by atoms with Gasteiger partial charge in [-0.1, -0.05) is 18.6 Å². The van der Waals surface area contributed by atoms with Gasteiger partial charge in [-0.05, 0) is 49.2 Å². The second-order valence-corrected chi connectivity index (χ2v) is 8.93. The predicted octanol–water partition coefficient (Wildman–Crippen LogP) is 3.61. The monoisotopic (exact) mass is 479 g/mol. The Morgan fingerprint density at radius 3 is 2.50 bits per heavy atom. The van der Waals surface area contributed by atoms with Gasteiger partial charge < -0.3 is 16.0 Å². The summed E-state index contributed by atoms with van der Waals surface area (Å²) in [5.41, 5.74) is 10.5. The second-order valence-electron chi connectivity index (χ2n) is 8.93. The summed E-state index contributed by atoms with van der Waals surface area (Å²) < 4.78 is 1.82. The average molecular weight is 480 g/mol. The molecule has 4 aromatic rings. The lowest BCUT2D eigenvalue weighted by Crippen LogP contribution is -2.34. The van der Waals surface area contributed by atoms with Crippen LogP contribution in [-0.2, 0) is 4.79 Å². The van der Waals surface area contributed by atoms with E-state index in [1.807, 2.05) is 28.7 Å². The summed E-state index contributed by atoms with van der Waals surface area (Å²) >= 11 is 0. The first-order valence-electron chi connectivity index (χ1n) is 11.7. The van der Waals surface area contributed by atoms with Crippen LogP contribution in [0, 0.1) is 17.2 Å². The summed E-state index contributed by atoms with van der Waals surface area (Å²) in [6.45, 7) is 0. The highest BCUT2D eigenvalue weighted by Gasteiger charge is 2.30. The normalized spacial score (nSPS) is 17.0. The zero-order chi connectivity index (χ0) is 25.2. The van der Waals surface area contributed by atoms with Crippen LogP contribution in [0.3, 0.4) is 0 Å². The van der Waals surface area contributed by atoms with Gasteiger partial charge in [0.15, 0.2) is 5.65 Å². The molecule has 9 heteroatoms. The van der Waals surface area contributed by atoms with E-state index < -0.39 is 0 Å². The van der Waals surface area contributed by atoms with Gasteiger partial charge >= 0.3 is 0 Å². The molecular weight excluding hydrogens is 454 g/mol. The molecule has 1 aliphatic carbocycles. The van der Waals surface area contributed by atoms with Crippen LogP contribution in [0.2, 0.25) is 0 Å². The number of nitriles is 1. The van der Waals surface area contributed by atoms with Crippen LogP contribution in [0.4, 0.5) is 11.4 Å². The maximum absolute atomic E-state index is 13.1. The largest absolute Gasteiger partial charge is 0.327 e. The van der Waals surface area contributed by atoms with Crippen molar-refractivity contribution in [2.75, 3.05) is 17.3 Å². The van der Waals surface area contributed by atoms with Gasteiger partial charge in [-0.2, -0.15) is 5.26 Å². The molecular formula is C27H25N7O2. The van der Waals surface area contributed by atoms with Crippen LogP contribution in [0.5, 0.6) is 0 Å². The molecule has 5 rings (SSSR count). The molecule has 0 aliphatic heterocycles. The first kappa shape index (κ1) is 23.2. The van der Waals surface area contributed by atoms with Crippen LogP contribution < -0.4 is 16.0 Å². The third-order valence-electron chi connectivity index (χ3n) is 6.66. The number of benzene rings is 2. The maximum atomic E-state index is 13.1. The highest BCUT2D eigenvalue weighted by molar-refractivity contribution is 6.04. The Morgan fingerprint density at radius 2 is 1.83 bits per heavy atom. The Kier molecular flexibility index (Phi) is 6.19. The van der Waals surface area contributed by atoms with Gasteiger partial charge in [0.1, 0.15) is 5.69 Å². The summed E-state index contributed by atoms with van der Waals surface area (Å²) in [5, 5.41) is 12.0. The Balaban J connectivity index is 1.36. The fourth-order valence-electron chi connectivity index (χ4n) is 4.54. The SMILES string of the molecule is CN(C(=O)c1cn2c(-c3ccc(NC(=O)C4CCC[C@H]4N)cc3)cnc2cn1)c1ccc(C#N)cc1. The molecule has 0 bridgehead atoms. The quantitative estimate of drug-likeness (QED) is 0.450. The minimum Gasteiger partial charge on any atom is -0.327 e. The lowest BCUT2D eigenvalue weighted by Gasteiger charge is -2.17. The number of aromatic nitrogens is 3. The molecule has 2 atom stereocenters. The molecule has 0 saturated heterocycles. The number of hydrogen-bond acceptors (Lipinski definition) is 6. The van der Waals surface area contributed by atoms with Gasteiger partial charge in [0.2, 0.25) is 5.91 Å². The van der Waals surface area contributed by atoms with Crippen LogP contribution in [0.1, 0.15) is 35.3 Å². The van der Waals surface area contributed by atoms with Crippen molar-refractivity contribution in [1.29, 1.82) is 5.26 Å². The third kappa shape index (κ3) is 4.42. The topological polar surface area (TPSA) is 129 Å². The summed E-state index contributed by atoms with van der Waals surface area (Å²) in [4.78, 5) is 35.8. The van der Waals surface area contributed by atoms with E-state index in [1.54, 1.807) is 49.9 Å². The lowest BCUT2D eigenvalue weighted by atomic mass is 10.0. The number of nitrogens with zero attached hydrogens (tertiary/aromatic N) is 5. The fourth-order valence-corrected chi connectivity index (χ4v) is 4.54. The van der Waals surface area contributed by atoms with Crippen molar-refractivity contribution < 1.29 is 9.59 Å². The molecule has 2 heterocycles. The van der Waals surface area contributed by atoms with Crippen molar-refractivity contribution in [3.05, 3.63) is 78.4 Å². The second kappa shape index (κ2) is 9.60. The van der Waals surface area contributed by atoms with Crippen molar-refractivity contribution in [2.24, 2.45) is 11.7 Å². The van der Waals surface area contributed by atoms with Crippen LogP contribution in [0.15, 0.2) is 67.1 Å². The number of nitrogens with two attached hydrogens (primary N) is 1. The maximum Gasteiger partial charge on any atom is 0.278 e. The van der Waals surface area contributed by atoms with Crippen molar-refractivity contribution in [2.45, 2.75) is 25.3 Å². The summed E-state index contributed by atoms with van der Waals surface area (Å²) in [5.74, 6) is -0.470. The van der Waals surface area contributed by atoms with E-state index in [-0.39, 0.29) is 29.5 Å². The zero-order valence-corrected chi connectivity index (χ0v) is 19.8. The molecule has 1 saturated carbocycles. The van der Waals surface area contributed by atoms with Crippen LogP contribution in [-0.4, -0.2) is 39.3 Å². The molecule has 1 aliphatic rings. The standard InChI is InChI=1S/C27H25N7O2/c1-33(20-11-5-17(13-28)6-12-20)27(36)23-16-34-24(14-31-25(34)15-30-23)18-7-9-19(10-8-18)32-26(35)21-3-2-4-22(21)29/h5-12,14-16,21-22H,2-4,29H2,1H3,(H,32,35)/t21?,22-/m1/s1. The minimum atomic E-state index is -0.288.